The van der Waals surface area contributed by atoms with Crippen LogP contribution in [0.5, 0.6) is 0 Å². The van der Waals surface area contributed by atoms with Crippen LogP contribution in [-0.4, -0.2) is 37.2 Å². The normalized spacial score (nSPS) is 13.3. The van der Waals surface area contributed by atoms with E-state index >= 15 is 0 Å². The molecule has 0 aliphatic heterocycles. The quantitative estimate of drug-likeness (QED) is 0.0261. The molecule has 73 heavy (non-hydrogen) atoms. The second-order valence-corrected chi connectivity index (χ2v) is 18.4. The lowest BCUT2D eigenvalue weighted by molar-refractivity contribution is -0.167. The number of carbonyl (C=O) groups is 3. The van der Waals surface area contributed by atoms with Gasteiger partial charge in [0.05, 0.1) is 0 Å². The molecule has 0 aromatic heterocycles. The molecule has 0 amide bonds. The van der Waals surface area contributed by atoms with Crippen molar-refractivity contribution in [3.8, 4) is 0 Å². The van der Waals surface area contributed by atoms with E-state index < -0.39 is 6.10 Å². The molecule has 6 heteroatoms. The van der Waals surface area contributed by atoms with Crippen LogP contribution in [0.15, 0.2) is 158 Å². The highest BCUT2D eigenvalue weighted by Crippen LogP contribution is 2.13. The number of rotatable bonds is 50. The summed E-state index contributed by atoms with van der Waals surface area (Å²) >= 11 is 0. The number of carbonyl (C=O) groups excluding carboxylic acids is 3. The monoisotopic (exact) mass is 1000 g/mol. The number of esters is 3. The fourth-order valence-electron chi connectivity index (χ4n) is 7.27. The first-order valence-corrected chi connectivity index (χ1v) is 29.0. The molecule has 0 aliphatic rings. The molecule has 0 heterocycles. The Labute approximate surface area is 448 Å². The summed E-state index contributed by atoms with van der Waals surface area (Å²) in [5.41, 5.74) is 0. The minimum atomic E-state index is -0.822. The molecule has 408 valence electrons. The van der Waals surface area contributed by atoms with Gasteiger partial charge in [-0.25, -0.2) is 0 Å². The largest absolute Gasteiger partial charge is 0.462 e. The average molecular weight is 1010 g/mol. The maximum atomic E-state index is 12.9. The van der Waals surface area contributed by atoms with E-state index in [2.05, 4.69) is 179 Å². The molecular weight excluding hydrogens is 901 g/mol. The van der Waals surface area contributed by atoms with Crippen molar-refractivity contribution in [3.63, 3.8) is 0 Å². The maximum absolute atomic E-state index is 12.9. The molecule has 0 aromatic rings. The number of allylic oxidation sites excluding steroid dienone is 26. The summed E-state index contributed by atoms with van der Waals surface area (Å²) in [5, 5.41) is 0. The highest BCUT2D eigenvalue weighted by Gasteiger charge is 2.19. The Bertz CT molecular complexity index is 1670. The van der Waals surface area contributed by atoms with Gasteiger partial charge in [-0.05, 0) is 141 Å². The first-order chi connectivity index (χ1) is 36.0. The first kappa shape index (κ1) is 68.0. The van der Waals surface area contributed by atoms with Crippen molar-refractivity contribution in [1.29, 1.82) is 0 Å². The summed E-state index contributed by atoms with van der Waals surface area (Å²) in [4.78, 5) is 38.2. The third kappa shape index (κ3) is 57.8. The van der Waals surface area contributed by atoms with Crippen molar-refractivity contribution in [2.75, 3.05) is 13.2 Å². The molecule has 0 aromatic carbocycles. The predicted octanol–water partition coefficient (Wildman–Crippen LogP) is 19.8. The minimum Gasteiger partial charge on any atom is -0.462 e. The van der Waals surface area contributed by atoms with E-state index in [1.807, 2.05) is 0 Å². The van der Waals surface area contributed by atoms with E-state index in [9.17, 15) is 14.4 Å². The second kappa shape index (κ2) is 59.6. The molecule has 0 saturated heterocycles. The molecule has 0 rings (SSSR count). The van der Waals surface area contributed by atoms with Gasteiger partial charge >= 0.3 is 17.9 Å². The topological polar surface area (TPSA) is 78.9 Å². The van der Waals surface area contributed by atoms with Crippen LogP contribution >= 0.6 is 0 Å². The van der Waals surface area contributed by atoms with Gasteiger partial charge in [-0.3, -0.25) is 14.4 Å². The van der Waals surface area contributed by atoms with Gasteiger partial charge < -0.3 is 14.2 Å². The van der Waals surface area contributed by atoms with Gasteiger partial charge in [-0.2, -0.15) is 0 Å². The van der Waals surface area contributed by atoms with Crippen LogP contribution in [0.4, 0.5) is 0 Å². The number of ether oxygens (including phenoxy) is 3. The molecule has 0 radical (unpaired) electrons. The van der Waals surface area contributed by atoms with Crippen molar-refractivity contribution >= 4 is 17.9 Å². The van der Waals surface area contributed by atoms with Gasteiger partial charge in [0.1, 0.15) is 13.2 Å². The zero-order chi connectivity index (χ0) is 52.9. The second-order valence-electron chi connectivity index (χ2n) is 18.4. The van der Waals surface area contributed by atoms with Crippen LogP contribution in [0.25, 0.3) is 0 Å². The van der Waals surface area contributed by atoms with E-state index in [4.69, 9.17) is 14.2 Å². The smallest absolute Gasteiger partial charge is 0.306 e. The Morgan fingerprint density at radius 1 is 0.274 bits per heavy atom. The van der Waals surface area contributed by atoms with Gasteiger partial charge in [0.2, 0.25) is 0 Å². The van der Waals surface area contributed by atoms with Crippen molar-refractivity contribution < 1.29 is 28.6 Å². The zero-order valence-electron chi connectivity index (χ0n) is 46.6. The lowest BCUT2D eigenvalue weighted by atomic mass is 10.1. The molecule has 0 fully saturated rings. The van der Waals surface area contributed by atoms with Crippen molar-refractivity contribution in [2.24, 2.45) is 0 Å². The van der Waals surface area contributed by atoms with Crippen LogP contribution in [-0.2, 0) is 28.6 Å². The lowest BCUT2D eigenvalue weighted by Gasteiger charge is -2.18. The molecule has 1 unspecified atom stereocenters. The SMILES string of the molecule is CC/C=C\C/C=C\C/C=C\C/C=C\C/C=C\C/C=C\CCCCC(=O)OCC(COC(=O)CCCCCCCCC/C=C\C/C=C\C/C=C\CC)OC(=O)CCCCCC/C=C\C/C=C\C/C=C\C/C=C\CC. The molecule has 1 atom stereocenters. The Balaban J connectivity index is 4.56. The summed E-state index contributed by atoms with van der Waals surface area (Å²) in [5.74, 6) is -1.00. The fourth-order valence-corrected chi connectivity index (χ4v) is 7.27. The zero-order valence-corrected chi connectivity index (χ0v) is 46.6. The summed E-state index contributed by atoms with van der Waals surface area (Å²) in [6, 6.07) is 0. The molecular formula is C67H104O6. The standard InChI is InChI=1S/C67H104O6/c1-4-7-10-13-16-19-22-25-28-31-32-33-34-37-39-42-45-48-51-54-57-60-66(69)72-63-64(73-67(70)61-58-55-52-49-46-43-40-36-30-27-24-21-18-15-12-9-6-3)62-71-65(68)59-56-53-50-47-44-41-38-35-29-26-23-20-17-14-11-8-5-2/h7-12,16-21,25-30,32-33,37,39-40,43,45,48,64H,4-6,13-15,22-24,31,34-36,38,41-42,44,46-47,49-63H2,1-3H3/b10-7-,11-8-,12-9-,19-16-,20-17-,21-18-,28-25-,29-26-,30-27-,33-32-,39-37-,43-40-,48-45-. The summed E-state index contributed by atoms with van der Waals surface area (Å²) in [6.07, 6.45) is 86.6. The van der Waals surface area contributed by atoms with Gasteiger partial charge in [-0.1, -0.05) is 224 Å². The average Bonchev–Trinajstić information content (AvgIpc) is 3.39. The molecule has 0 spiro atoms. The van der Waals surface area contributed by atoms with Crippen LogP contribution in [0.2, 0.25) is 0 Å². The Kier molecular flexibility index (Phi) is 55.5. The Morgan fingerprint density at radius 3 is 0.795 bits per heavy atom. The Morgan fingerprint density at radius 2 is 0.493 bits per heavy atom. The fraction of sp³-hybridized carbons (Fsp3) is 0.567. The van der Waals surface area contributed by atoms with Crippen molar-refractivity contribution in [1.82, 2.24) is 0 Å². The van der Waals surface area contributed by atoms with Crippen molar-refractivity contribution in [2.45, 2.75) is 232 Å². The number of hydrogen-bond donors (Lipinski definition) is 0. The van der Waals surface area contributed by atoms with Gasteiger partial charge in [0, 0.05) is 19.3 Å². The molecule has 0 aliphatic carbocycles. The molecule has 0 bridgehead atoms. The third-order valence-electron chi connectivity index (χ3n) is 11.5. The Hall–Kier alpha value is -4.97. The third-order valence-corrected chi connectivity index (χ3v) is 11.5. The van der Waals surface area contributed by atoms with E-state index in [0.717, 1.165) is 154 Å². The molecule has 0 N–H and O–H groups in total. The van der Waals surface area contributed by atoms with Crippen molar-refractivity contribution in [3.05, 3.63) is 158 Å². The maximum Gasteiger partial charge on any atom is 0.306 e. The number of unbranched alkanes of at least 4 members (excludes halogenated alkanes) is 13. The van der Waals surface area contributed by atoms with Crippen LogP contribution in [0.1, 0.15) is 226 Å². The first-order valence-electron chi connectivity index (χ1n) is 29.0. The molecule has 6 nitrogen and oxygen atoms in total. The van der Waals surface area contributed by atoms with Gasteiger partial charge in [0.15, 0.2) is 6.10 Å². The lowest BCUT2D eigenvalue weighted by Crippen LogP contribution is -2.30. The van der Waals surface area contributed by atoms with E-state index in [1.165, 1.54) is 25.7 Å². The highest BCUT2D eigenvalue weighted by atomic mass is 16.6. The summed E-state index contributed by atoms with van der Waals surface area (Å²) in [6.45, 7) is 6.22. The summed E-state index contributed by atoms with van der Waals surface area (Å²) in [7, 11) is 0. The van der Waals surface area contributed by atoms with Crippen LogP contribution in [0, 0.1) is 0 Å². The summed E-state index contributed by atoms with van der Waals surface area (Å²) < 4.78 is 16.8. The van der Waals surface area contributed by atoms with Gasteiger partial charge in [0.25, 0.3) is 0 Å². The van der Waals surface area contributed by atoms with E-state index in [1.54, 1.807) is 0 Å². The molecule has 0 saturated carbocycles. The van der Waals surface area contributed by atoms with Crippen LogP contribution < -0.4 is 0 Å². The number of hydrogen-bond acceptors (Lipinski definition) is 6. The van der Waals surface area contributed by atoms with Gasteiger partial charge in [-0.15, -0.1) is 0 Å². The predicted molar refractivity (Wildman–Crippen MR) is 315 cm³/mol. The minimum absolute atomic E-state index is 0.115. The van der Waals surface area contributed by atoms with E-state index in [0.29, 0.717) is 12.8 Å². The van der Waals surface area contributed by atoms with E-state index in [-0.39, 0.29) is 44.0 Å². The highest BCUT2D eigenvalue weighted by molar-refractivity contribution is 5.71. The van der Waals surface area contributed by atoms with Crippen LogP contribution in [0.3, 0.4) is 0 Å².